The Morgan fingerprint density at radius 2 is 2.08 bits per heavy atom. The number of rotatable bonds is 2. The zero-order chi connectivity index (χ0) is 10.2. The van der Waals surface area contributed by atoms with E-state index in [1.807, 2.05) is 25.3 Å². The lowest BCUT2D eigenvalue weighted by Gasteiger charge is -1.93. The predicted octanol–water partition coefficient (Wildman–Crippen LogP) is 0.648. The van der Waals surface area contributed by atoms with Gasteiger partial charge in [0.15, 0.2) is 5.69 Å². The SMILES string of the molecule is CCn1c(C)c(C(=O)O)[n+](C)c1C. The molecule has 4 heteroatoms. The van der Waals surface area contributed by atoms with Crippen molar-refractivity contribution < 1.29 is 14.5 Å². The topological polar surface area (TPSA) is 46.1 Å². The van der Waals surface area contributed by atoms with E-state index >= 15 is 0 Å². The van der Waals surface area contributed by atoms with Gasteiger partial charge in [-0.2, -0.15) is 0 Å². The Bertz CT molecular complexity index is 353. The van der Waals surface area contributed by atoms with Gasteiger partial charge in [-0.25, -0.2) is 13.9 Å². The fourth-order valence-corrected chi connectivity index (χ4v) is 1.72. The van der Waals surface area contributed by atoms with Crippen LogP contribution in [0, 0.1) is 13.8 Å². The number of hydrogen-bond acceptors (Lipinski definition) is 1. The Kier molecular flexibility index (Phi) is 2.40. The fraction of sp³-hybridized carbons (Fsp3) is 0.556. The van der Waals surface area contributed by atoms with Gasteiger partial charge in [0.2, 0.25) is 0 Å². The van der Waals surface area contributed by atoms with E-state index in [-0.39, 0.29) is 0 Å². The molecule has 0 aromatic carbocycles. The van der Waals surface area contributed by atoms with Crippen LogP contribution in [0.4, 0.5) is 0 Å². The van der Waals surface area contributed by atoms with Crippen LogP contribution >= 0.6 is 0 Å². The molecule has 0 unspecified atom stereocenters. The predicted molar refractivity (Wildman–Crippen MR) is 47.7 cm³/mol. The number of carboxylic acids is 1. The smallest absolute Gasteiger partial charge is 0.380 e. The van der Waals surface area contributed by atoms with Gasteiger partial charge in [-0.15, -0.1) is 0 Å². The van der Waals surface area contributed by atoms with Crippen molar-refractivity contribution in [2.45, 2.75) is 27.3 Å². The molecule has 1 aromatic rings. The van der Waals surface area contributed by atoms with Gasteiger partial charge in [0.25, 0.3) is 11.5 Å². The normalized spacial score (nSPS) is 10.5. The van der Waals surface area contributed by atoms with E-state index in [4.69, 9.17) is 5.11 Å². The van der Waals surface area contributed by atoms with E-state index in [0.29, 0.717) is 5.69 Å². The van der Waals surface area contributed by atoms with Crippen molar-refractivity contribution in [2.75, 3.05) is 0 Å². The molecule has 0 atom stereocenters. The number of aromatic carboxylic acids is 1. The Balaban J connectivity index is 3.45. The maximum atomic E-state index is 10.9. The van der Waals surface area contributed by atoms with Crippen molar-refractivity contribution >= 4 is 5.97 Å². The van der Waals surface area contributed by atoms with E-state index in [0.717, 1.165) is 18.1 Å². The summed E-state index contributed by atoms with van der Waals surface area (Å²) in [5.41, 5.74) is 1.19. The van der Waals surface area contributed by atoms with Gasteiger partial charge in [0.05, 0.1) is 13.6 Å². The van der Waals surface area contributed by atoms with Gasteiger partial charge in [-0.05, 0) is 6.92 Å². The summed E-state index contributed by atoms with van der Waals surface area (Å²) >= 11 is 0. The summed E-state index contributed by atoms with van der Waals surface area (Å²) < 4.78 is 3.70. The highest BCUT2D eigenvalue weighted by Gasteiger charge is 2.26. The summed E-state index contributed by atoms with van der Waals surface area (Å²) in [6.07, 6.45) is 0. The molecular formula is C9H15N2O2+. The van der Waals surface area contributed by atoms with E-state index in [1.54, 1.807) is 11.6 Å². The molecule has 13 heavy (non-hydrogen) atoms. The maximum Gasteiger partial charge on any atom is 0.380 e. The summed E-state index contributed by atoms with van der Waals surface area (Å²) in [5.74, 6) is 0.104. The molecule has 1 aromatic heterocycles. The van der Waals surface area contributed by atoms with Gasteiger partial charge >= 0.3 is 5.97 Å². The zero-order valence-corrected chi connectivity index (χ0v) is 8.46. The molecule has 0 amide bonds. The van der Waals surface area contributed by atoms with Gasteiger partial charge in [-0.3, -0.25) is 0 Å². The van der Waals surface area contributed by atoms with Crippen LogP contribution in [-0.2, 0) is 13.6 Å². The minimum atomic E-state index is -0.865. The molecule has 0 saturated heterocycles. The Labute approximate surface area is 77.4 Å². The molecule has 1 N–H and O–H groups in total. The molecule has 0 saturated carbocycles. The van der Waals surface area contributed by atoms with Gasteiger partial charge < -0.3 is 5.11 Å². The number of imidazole rings is 1. The molecule has 0 radical (unpaired) electrons. The second-order valence-electron chi connectivity index (χ2n) is 3.09. The quantitative estimate of drug-likeness (QED) is 0.684. The van der Waals surface area contributed by atoms with Crippen LogP contribution in [0.15, 0.2) is 0 Å². The van der Waals surface area contributed by atoms with E-state index in [1.165, 1.54) is 0 Å². The molecule has 4 nitrogen and oxygen atoms in total. The minimum Gasteiger partial charge on any atom is -0.475 e. The van der Waals surface area contributed by atoms with Crippen LogP contribution in [0.25, 0.3) is 0 Å². The van der Waals surface area contributed by atoms with Crippen LogP contribution in [0.1, 0.15) is 28.9 Å². The summed E-state index contributed by atoms with van der Waals surface area (Å²) in [6.45, 7) is 6.56. The van der Waals surface area contributed by atoms with E-state index in [2.05, 4.69) is 0 Å². The van der Waals surface area contributed by atoms with E-state index < -0.39 is 5.97 Å². The van der Waals surface area contributed by atoms with Crippen LogP contribution in [0.3, 0.4) is 0 Å². The summed E-state index contributed by atoms with van der Waals surface area (Å²) in [6, 6.07) is 0. The average molecular weight is 183 g/mol. The first-order valence-electron chi connectivity index (χ1n) is 4.29. The van der Waals surface area contributed by atoms with Crippen molar-refractivity contribution in [2.24, 2.45) is 7.05 Å². The fourth-order valence-electron chi connectivity index (χ4n) is 1.72. The van der Waals surface area contributed by atoms with Crippen LogP contribution < -0.4 is 4.57 Å². The minimum absolute atomic E-state index is 0.374. The molecule has 0 aliphatic rings. The summed E-state index contributed by atoms with van der Waals surface area (Å²) in [4.78, 5) is 10.9. The number of nitrogens with zero attached hydrogens (tertiary/aromatic N) is 2. The molecule has 1 rings (SSSR count). The Morgan fingerprint density at radius 3 is 2.31 bits per heavy atom. The van der Waals surface area contributed by atoms with Crippen molar-refractivity contribution in [3.05, 3.63) is 17.2 Å². The van der Waals surface area contributed by atoms with Crippen LogP contribution in [0.5, 0.6) is 0 Å². The Hall–Kier alpha value is -1.32. The molecule has 0 aliphatic heterocycles. The van der Waals surface area contributed by atoms with Gasteiger partial charge in [0, 0.05) is 13.8 Å². The first kappa shape index (κ1) is 9.77. The van der Waals surface area contributed by atoms with Crippen molar-refractivity contribution in [3.8, 4) is 0 Å². The zero-order valence-electron chi connectivity index (χ0n) is 8.46. The third-order valence-electron chi connectivity index (χ3n) is 2.48. The molecular weight excluding hydrogens is 168 g/mol. The highest BCUT2D eigenvalue weighted by atomic mass is 16.4. The summed E-state index contributed by atoms with van der Waals surface area (Å²) in [7, 11) is 1.78. The lowest BCUT2D eigenvalue weighted by molar-refractivity contribution is -0.679. The lowest BCUT2D eigenvalue weighted by Crippen LogP contribution is -2.36. The first-order valence-corrected chi connectivity index (χ1v) is 4.29. The Morgan fingerprint density at radius 1 is 1.54 bits per heavy atom. The maximum absolute atomic E-state index is 10.9. The number of carbonyl (C=O) groups is 1. The molecule has 0 bridgehead atoms. The van der Waals surface area contributed by atoms with Crippen molar-refractivity contribution in [1.82, 2.24) is 4.57 Å². The largest absolute Gasteiger partial charge is 0.475 e. The van der Waals surface area contributed by atoms with Crippen LogP contribution in [-0.4, -0.2) is 15.6 Å². The van der Waals surface area contributed by atoms with Crippen molar-refractivity contribution in [1.29, 1.82) is 0 Å². The number of aromatic nitrogens is 2. The molecule has 0 aliphatic carbocycles. The molecule has 0 spiro atoms. The molecule has 72 valence electrons. The monoisotopic (exact) mass is 183 g/mol. The third kappa shape index (κ3) is 1.32. The van der Waals surface area contributed by atoms with Gasteiger partial charge in [0.1, 0.15) is 0 Å². The lowest BCUT2D eigenvalue weighted by atomic mass is 10.3. The average Bonchev–Trinajstić information content (AvgIpc) is 2.24. The molecule has 1 heterocycles. The molecule has 0 fully saturated rings. The second-order valence-corrected chi connectivity index (χ2v) is 3.09. The van der Waals surface area contributed by atoms with E-state index in [9.17, 15) is 4.79 Å². The highest BCUT2D eigenvalue weighted by Crippen LogP contribution is 2.07. The number of hydrogen-bond donors (Lipinski definition) is 1. The third-order valence-corrected chi connectivity index (χ3v) is 2.48. The number of carboxylic acid groups (broad SMARTS) is 1. The summed E-state index contributed by atoms with van der Waals surface area (Å²) in [5, 5.41) is 8.95. The van der Waals surface area contributed by atoms with Crippen molar-refractivity contribution in [3.63, 3.8) is 0 Å². The standard InChI is InChI=1S/C9H14N2O2/c1-5-11-6(2)8(9(12)13)10(4)7(11)3/h5H2,1-4H3/p+1. The first-order chi connectivity index (χ1) is 6.00. The van der Waals surface area contributed by atoms with Gasteiger partial charge in [-0.1, -0.05) is 0 Å². The van der Waals surface area contributed by atoms with Crippen LogP contribution in [0.2, 0.25) is 0 Å². The highest BCUT2D eigenvalue weighted by molar-refractivity contribution is 5.84. The second kappa shape index (κ2) is 3.20.